The lowest BCUT2D eigenvalue weighted by molar-refractivity contribution is -0.125. The Bertz CT molecular complexity index is 1400. The van der Waals surface area contributed by atoms with Gasteiger partial charge in [0.05, 0.1) is 28.4 Å². The van der Waals surface area contributed by atoms with Crippen molar-refractivity contribution in [2.24, 2.45) is 0 Å². The van der Waals surface area contributed by atoms with Gasteiger partial charge in [0.2, 0.25) is 0 Å². The van der Waals surface area contributed by atoms with Crippen molar-refractivity contribution < 1.29 is 23.3 Å². The Hall–Kier alpha value is -3.94. The van der Waals surface area contributed by atoms with Crippen LogP contribution in [-0.4, -0.2) is 28.6 Å². The summed E-state index contributed by atoms with van der Waals surface area (Å²) in [4.78, 5) is 30.2. The van der Waals surface area contributed by atoms with Gasteiger partial charge in [-0.3, -0.25) is 4.79 Å². The number of fused-ring (bicyclic) bond motifs is 2. The fourth-order valence-electron chi connectivity index (χ4n) is 4.63. The molecule has 0 saturated heterocycles. The number of aryl methyl sites for hydroxylation is 4. The second-order valence-corrected chi connectivity index (χ2v) is 8.62. The summed E-state index contributed by atoms with van der Waals surface area (Å²) in [5, 5.41) is 7.41. The molecule has 1 aliphatic rings. The summed E-state index contributed by atoms with van der Waals surface area (Å²) < 4.78 is 16.3. The summed E-state index contributed by atoms with van der Waals surface area (Å²) in [5.74, 6) is 0.418. The molecule has 4 aromatic rings. The zero-order valence-electron chi connectivity index (χ0n) is 19.3. The molecule has 0 bridgehead atoms. The maximum absolute atomic E-state index is 13.1. The summed E-state index contributed by atoms with van der Waals surface area (Å²) in [6.07, 6.45) is 2.86. The van der Waals surface area contributed by atoms with Gasteiger partial charge in [-0.15, -0.1) is 0 Å². The molecule has 1 N–H and O–H groups in total. The molecule has 5 rings (SSSR count). The molecule has 1 aromatic carbocycles. The fourth-order valence-corrected chi connectivity index (χ4v) is 4.63. The molecule has 1 aliphatic carbocycles. The highest BCUT2D eigenvalue weighted by molar-refractivity contribution is 6.04. The molecule has 174 valence electrons. The third-order valence-electron chi connectivity index (χ3n) is 6.19. The first-order valence-corrected chi connectivity index (χ1v) is 11.3. The van der Waals surface area contributed by atoms with Crippen molar-refractivity contribution in [1.82, 2.24) is 15.5 Å². The normalized spacial score (nSPS) is 15.2. The number of carbonyl (C=O) groups is 2. The van der Waals surface area contributed by atoms with Crippen LogP contribution in [0.1, 0.15) is 57.6 Å². The van der Waals surface area contributed by atoms with Crippen LogP contribution in [0.15, 0.2) is 45.3 Å². The van der Waals surface area contributed by atoms with E-state index in [1.54, 1.807) is 13.0 Å². The number of hydrogen-bond donors (Lipinski definition) is 1. The van der Waals surface area contributed by atoms with Gasteiger partial charge < -0.3 is 19.0 Å². The number of furan rings is 1. The number of amides is 1. The van der Waals surface area contributed by atoms with E-state index >= 15 is 0 Å². The maximum atomic E-state index is 13.1. The topological polar surface area (TPSA) is 107 Å². The third kappa shape index (κ3) is 4.07. The van der Waals surface area contributed by atoms with Crippen LogP contribution in [0.25, 0.3) is 22.4 Å². The second kappa shape index (κ2) is 8.78. The lowest BCUT2D eigenvalue weighted by atomic mass is 9.88. The van der Waals surface area contributed by atoms with Crippen molar-refractivity contribution in [1.29, 1.82) is 0 Å². The number of nitrogens with zero attached hydrogens (tertiary/aromatic N) is 2. The van der Waals surface area contributed by atoms with Gasteiger partial charge in [-0.1, -0.05) is 29.4 Å². The first kappa shape index (κ1) is 21.9. The highest BCUT2D eigenvalue weighted by Crippen LogP contribution is 2.31. The van der Waals surface area contributed by atoms with Crippen molar-refractivity contribution in [2.45, 2.75) is 46.1 Å². The van der Waals surface area contributed by atoms with E-state index in [1.807, 2.05) is 38.1 Å². The minimum Gasteiger partial charge on any atom is -0.466 e. The van der Waals surface area contributed by atoms with Crippen LogP contribution in [-0.2, 0) is 16.0 Å². The van der Waals surface area contributed by atoms with Crippen LogP contribution >= 0.6 is 0 Å². The number of esters is 1. The lowest BCUT2D eigenvalue weighted by Crippen LogP contribution is -2.34. The largest absolute Gasteiger partial charge is 0.466 e. The van der Waals surface area contributed by atoms with Gasteiger partial charge in [-0.25, -0.2) is 9.78 Å². The Balaban J connectivity index is 1.35. The van der Waals surface area contributed by atoms with Gasteiger partial charge in [0.25, 0.3) is 11.6 Å². The molecule has 1 amide bonds. The Morgan fingerprint density at radius 2 is 2.00 bits per heavy atom. The standard InChI is InChI=1S/C26H25N3O5/c1-14-11-19(16(3)33-14)22-12-20(24-15(2)29-34-25(24)28-22)26(31)32-13-23(30)27-21-10-6-8-17-7-4-5-9-18(17)21/h4-5,7,9,11-12,21H,6,8,10,13H2,1-3H3,(H,27,30). The number of hydrogen-bond acceptors (Lipinski definition) is 7. The van der Waals surface area contributed by atoms with Crippen molar-refractivity contribution in [3.05, 3.63) is 70.3 Å². The number of pyridine rings is 1. The summed E-state index contributed by atoms with van der Waals surface area (Å²) >= 11 is 0. The first-order valence-electron chi connectivity index (χ1n) is 11.3. The van der Waals surface area contributed by atoms with E-state index < -0.39 is 5.97 Å². The number of carbonyl (C=O) groups excluding carboxylic acids is 2. The molecule has 8 heteroatoms. The summed E-state index contributed by atoms with van der Waals surface area (Å²) in [5.41, 5.74) is 4.61. The van der Waals surface area contributed by atoms with E-state index in [0.29, 0.717) is 22.5 Å². The number of aromatic nitrogens is 2. The highest BCUT2D eigenvalue weighted by atomic mass is 16.5. The van der Waals surface area contributed by atoms with Crippen LogP contribution in [0.2, 0.25) is 0 Å². The van der Waals surface area contributed by atoms with Gasteiger partial charge in [0.1, 0.15) is 11.5 Å². The first-order chi connectivity index (χ1) is 16.4. The average Bonchev–Trinajstić information content (AvgIpc) is 3.38. The number of rotatable bonds is 5. The van der Waals surface area contributed by atoms with E-state index in [-0.39, 0.29) is 29.8 Å². The second-order valence-electron chi connectivity index (χ2n) is 8.62. The molecule has 34 heavy (non-hydrogen) atoms. The summed E-state index contributed by atoms with van der Waals surface area (Å²) in [6, 6.07) is 11.5. The van der Waals surface area contributed by atoms with E-state index in [4.69, 9.17) is 13.7 Å². The number of benzene rings is 1. The molecular formula is C26H25N3O5. The van der Waals surface area contributed by atoms with Gasteiger partial charge in [0, 0.05) is 5.56 Å². The summed E-state index contributed by atoms with van der Waals surface area (Å²) in [6.45, 7) is 5.01. The predicted molar refractivity (Wildman–Crippen MR) is 124 cm³/mol. The van der Waals surface area contributed by atoms with Gasteiger partial charge in [0.15, 0.2) is 6.61 Å². The van der Waals surface area contributed by atoms with Crippen LogP contribution in [0.3, 0.4) is 0 Å². The monoisotopic (exact) mass is 459 g/mol. The Kier molecular flexibility index (Phi) is 5.65. The van der Waals surface area contributed by atoms with Gasteiger partial charge in [-0.05, 0) is 63.3 Å². The number of ether oxygens (including phenoxy) is 1. The number of nitrogens with one attached hydrogen (secondary N) is 1. The minimum atomic E-state index is -0.642. The molecule has 8 nitrogen and oxygen atoms in total. The maximum Gasteiger partial charge on any atom is 0.339 e. The Morgan fingerprint density at radius 3 is 2.79 bits per heavy atom. The quantitative estimate of drug-likeness (QED) is 0.429. The molecule has 0 fully saturated rings. The molecule has 0 spiro atoms. The molecule has 1 atom stereocenters. The molecule has 3 heterocycles. The zero-order chi connectivity index (χ0) is 23.8. The molecule has 0 aliphatic heterocycles. The predicted octanol–water partition coefficient (Wildman–Crippen LogP) is 4.76. The molecule has 0 radical (unpaired) electrons. The minimum absolute atomic E-state index is 0.0805. The van der Waals surface area contributed by atoms with Gasteiger partial charge in [-0.2, -0.15) is 0 Å². The van der Waals surface area contributed by atoms with Crippen LogP contribution in [0.5, 0.6) is 0 Å². The van der Waals surface area contributed by atoms with Crippen LogP contribution < -0.4 is 5.32 Å². The zero-order valence-corrected chi connectivity index (χ0v) is 19.3. The van der Waals surface area contributed by atoms with E-state index in [1.165, 1.54) is 5.56 Å². The SMILES string of the molecule is Cc1cc(-c2cc(C(=O)OCC(=O)NC3CCCc4ccccc43)c3c(C)noc3n2)c(C)o1. The van der Waals surface area contributed by atoms with Crippen molar-refractivity contribution in [2.75, 3.05) is 6.61 Å². The summed E-state index contributed by atoms with van der Waals surface area (Å²) in [7, 11) is 0. The fraction of sp³-hybridized carbons (Fsp3) is 0.308. The molecule has 0 saturated carbocycles. The Morgan fingerprint density at radius 1 is 1.18 bits per heavy atom. The van der Waals surface area contributed by atoms with Crippen molar-refractivity contribution in [3.8, 4) is 11.3 Å². The third-order valence-corrected chi connectivity index (χ3v) is 6.19. The van der Waals surface area contributed by atoms with E-state index in [9.17, 15) is 9.59 Å². The van der Waals surface area contributed by atoms with Crippen molar-refractivity contribution >= 4 is 23.0 Å². The Labute approximate surface area is 196 Å². The highest BCUT2D eigenvalue weighted by Gasteiger charge is 2.24. The van der Waals surface area contributed by atoms with Crippen LogP contribution in [0, 0.1) is 20.8 Å². The molecule has 3 aromatic heterocycles. The average molecular weight is 460 g/mol. The van der Waals surface area contributed by atoms with Crippen LogP contribution in [0.4, 0.5) is 0 Å². The van der Waals surface area contributed by atoms with E-state index in [2.05, 4.69) is 21.5 Å². The van der Waals surface area contributed by atoms with E-state index in [0.717, 1.165) is 36.1 Å². The van der Waals surface area contributed by atoms with Gasteiger partial charge >= 0.3 is 5.97 Å². The van der Waals surface area contributed by atoms with Crippen molar-refractivity contribution in [3.63, 3.8) is 0 Å². The molecule has 1 unspecified atom stereocenters. The smallest absolute Gasteiger partial charge is 0.339 e. The lowest BCUT2D eigenvalue weighted by Gasteiger charge is -2.26. The molecular weight excluding hydrogens is 434 g/mol.